The van der Waals surface area contributed by atoms with E-state index in [0.717, 1.165) is 44.6 Å². The minimum Gasteiger partial charge on any atom is -0.309 e. The number of rotatable bonds is 5. The lowest BCUT2D eigenvalue weighted by Crippen LogP contribution is -2.01. The molecule has 6 heteroatoms. The second kappa shape index (κ2) is 11.6. The van der Waals surface area contributed by atoms with E-state index in [2.05, 4.69) is 100 Å². The van der Waals surface area contributed by atoms with Crippen LogP contribution in [0.2, 0.25) is 0 Å². The average Bonchev–Trinajstić information content (AvgIpc) is 3.72. The fraction of sp³-hybridized carbons (Fsp3) is 0. The summed E-state index contributed by atoms with van der Waals surface area (Å²) in [6.07, 6.45) is 0. The van der Waals surface area contributed by atoms with Crippen LogP contribution in [-0.2, 0) is 0 Å². The molecule has 0 fully saturated rings. The van der Waals surface area contributed by atoms with E-state index in [1.165, 1.54) is 33.8 Å². The first-order valence-electron chi connectivity index (χ1n) is 16.9. The standard InChI is InChI=1S/C45H28FN5/c46-31-24-22-29(23-25-31)37-28-38(49-45(48-37)30-12-3-1-4-13-30)36-18-11-21-42(47-36)51-40-20-10-8-17-35(40)43-41(51)27-26-34-33-16-7-9-19-39(33)50(44(34)43)32-14-5-2-6-15-32/h1-28H. The molecule has 240 valence electrons. The lowest BCUT2D eigenvalue weighted by atomic mass is 10.1. The Morgan fingerprint density at radius 1 is 0.412 bits per heavy atom. The van der Waals surface area contributed by atoms with Gasteiger partial charge in [0.25, 0.3) is 0 Å². The molecule has 0 aliphatic heterocycles. The van der Waals surface area contributed by atoms with Gasteiger partial charge in [0.1, 0.15) is 11.6 Å². The van der Waals surface area contributed by atoms with Crippen molar-refractivity contribution in [3.8, 4) is 45.5 Å². The van der Waals surface area contributed by atoms with Crippen LogP contribution in [0.1, 0.15) is 0 Å². The Hall–Kier alpha value is -6.92. The highest BCUT2D eigenvalue weighted by molar-refractivity contribution is 6.26. The Labute approximate surface area is 292 Å². The molecule has 0 spiro atoms. The average molecular weight is 658 g/mol. The Bertz CT molecular complexity index is 2910. The van der Waals surface area contributed by atoms with Gasteiger partial charge in [-0.25, -0.2) is 19.3 Å². The van der Waals surface area contributed by atoms with E-state index in [1.54, 1.807) is 12.1 Å². The van der Waals surface area contributed by atoms with Crippen LogP contribution >= 0.6 is 0 Å². The van der Waals surface area contributed by atoms with Crippen molar-refractivity contribution >= 4 is 43.6 Å². The maximum absolute atomic E-state index is 13.9. The van der Waals surface area contributed by atoms with Crippen LogP contribution in [0.4, 0.5) is 4.39 Å². The van der Waals surface area contributed by atoms with Crippen LogP contribution in [0.5, 0.6) is 0 Å². The predicted octanol–water partition coefficient (Wildman–Crippen LogP) is 11.2. The fourth-order valence-electron chi connectivity index (χ4n) is 7.35. The monoisotopic (exact) mass is 657 g/mol. The number of hydrogen-bond acceptors (Lipinski definition) is 3. The van der Waals surface area contributed by atoms with Gasteiger partial charge in [-0.2, -0.15) is 0 Å². The molecule has 4 aromatic heterocycles. The zero-order valence-electron chi connectivity index (χ0n) is 27.3. The quantitative estimate of drug-likeness (QED) is 0.185. The van der Waals surface area contributed by atoms with Crippen LogP contribution in [0.25, 0.3) is 89.2 Å². The van der Waals surface area contributed by atoms with Crippen LogP contribution in [0.3, 0.4) is 0 Å². The van der Waals surface area contributed by atoms with Gasteiger partial charge in [-0.05, 0) is 72.8 Å². The third kappa shape index (κ3) is 4.72. The summed E-state index contributed by atoms with van der Waals surface area (Å²) in [6.45, 7) is 0. The number of pyridine rings is 1. The summed E-state index contributed by atoms with van der Waals surface area (Å²) < 4.78 is 18.5. The molecule has 0 saturated carbocycles. The summed E-state index contributed by atoms with van der Waals surface area (Å²) in [4.78, 5) is 15.2. The number of para-hydroxylation sites is 3. The van der Waals surface area contributed by atoms with Gasteiger partial charge in [0.2, 0.25) is 0 Å². The maximum atomic E-state index is 13.9. The molecule has 0 atom stereocenters. The van der Waals surface area contributed by atoms with E-state index in [9.17, 15) is 4.39 Å². The molecule has 0 unspecified atom stereocenters. The Kier molecular flexibility index (Phi) is 6.61. The van der Waals surface area contributed by atoms with Gasteiger partial charge in [0, 0.05) is 38.4 Å². The largest absolute Gasteiger partial charge is 0.309 e. The molecule has 0 saturated heterocycles. The third-order valence-electron chi connectivity index (χ3n) is 9.61. The summed E-state index contributed by atoms with van der Waals surface area (Å²) in [5.41, 5.74) is 9.34. The zero-order chi connectivity index (χ0) is 33.9. The molecule has 51 heavy (non-hydrogen) atoms. The van der Waals surface area contributed by atoms with Crippen molar-refractivity contribution in [1.82, 2.24) is 24.1 Å². The van der Waals surface area contributed by atoms with Crippen LogP contribution in [0.15, 0.2) is 170 Å². The van der Waals surface area contributed by atoms with Gasteiger partial charge >= 0.3 is 0 Å². The molecule has 0 bridgehead atoms. The zero-order valence-corrected chi connectivity index (χ0v) is 27.3. The number of nitrogens with zero attached hydrogens (tertiary/aromatic N) is 5. The molecule has 6 aromatic carbocycles. The first-order valence-corrected chi connectivity index (χ1v) is 16.9. The van der Waals surface area contributed by atoms with Crippen LogP contribution in [0, 0.1) is 5.82 Å². The second-order valence-electron chi connectivity index (χ2n) is 12.6. The number of hydrogen-bond donors (Lipinski definition) is 0. The van der Waals surface area contributed by atoms with Crippen molar-refractivity contribution in [2.75, 3.05) is 0 Å². The van der Waals surface area contributed by atoms with Crippen molar-refractivity contribution in [3.63, 3.8) is 0 Å². The summed E-state index contributed by atoms with van der Waals surface area (Å²) in [5.74, 6) is 1.06. The minimum absolute atomic E-state index is 0.293. The first-order chi connectivity index (χ1) is 25.2. The van der Waals surface area contributed by atoms with Crippen molar-refractivity contribution in [2.24, 2.45) is 0 Å². The van der Waals surface area contributed by atoms with E-state index >= 15 is 0 Å². The Morgan fingerprint density at radius 3 is 1.86 bits per heavy atom. The molecular formula is C45H28FN5. The van der Waals surface area contributed by atoms with E-state index in [4.69, 9.17) is 15.0 Å². The number of benzene rings is 6. The van der Waals surface area contributed by atoms with E-state index in [1.807, 2.05) is 54.6 Å². The summed E-state index contributed by atoms with van der Waals surface area (Å²) in [5, 5.41) is 4.74. The van der Waals surface area contributed by atoms with E-state index in [0.29, 0.717) is 22.9 Å². The highest BCUT2D eigenvalue weighted by Crippen LogP contribution is 2.42. The highest BCUT2D eigenvalue weighted by Gasteiger charge is 2.21. The molecule has 0 radical (unpaired) electrons. The molecule has 4 heterocycles. The fourth-order valence-corrected chi connectivity index (χ4v) is 7.35. The number of fused-ring (bicyclic) bond motifs is 7. The number of aromatic nitrogens is 5. The van der Waals surface area contributed by atoms with Gasteiger partial charge in [-0.1, -0.05) is 97.1 Å². The van der Waals surface area contributed by atoms with Crippen LogP contribution in [-0.4, -0.2) is 24.1 Å². The Balaban J connectivity index is 1.22. The van der Waals surface area contributed by atoms with Gasteiger partial charge in [-0.15, -0.1) is 0 Å². The van der Waals surface area contributed by atoms with Crippen molar-refractivity contribution in [1.29, 1.82) is 0 Å². The number of halogens is 1. The summed E-state index contributed by atoms with van der Waals surface area (Å²) in [6, 6.07) is 56.5. The molecule has 0 N–H and O–H groups in total. The highest BCUT2D eigenvalue weighted by atomic mass is 19.1. The van der Waals surface area contributed by atoms with Gasteiger partial charge in [-0.3, -0.25) is 4.57 Å². The molecule has 0 amide bonds. The molecule has 10 aromatic rings. The molecule has 5 nitrogen and oxygen atoms in total. The molecule has 10 rings (SSSR count). The third-order valence-corrected chi connectivity index (χ3v) is 9.61. The normalized spacial score (nSPS) is 11.6. The SMILES string of the molecule is Fc1ccc(-c2cc(-c3cccc(-n4c5ccccc5c5c4ccc4c6ccccc6n(-c6ccccc6)c45)n3)nc(-c3ccccc3)n2)cc1. The lowest BCUT2D eigenvalue weighted by Gasteiger charge is -2.12. The molecule has 0 aliphatic rings. The first kappa shape index (κ1) is 29.0. The predicted molar refractivity (Wildman–Crippen MR) is 205 cm³/mol. The van der Waals surface area contributed by atoms with Crippen molar-refractivity contribution < 1.29 is 4.39 Å². The second-order valence-corrected chi connectivity index (χ2v) is 12.6. The molecular weight excluding hydrogens is 630 g/mol. The molecule has 0 aliphatic carbocycles. The van der Waals surface area contributed by atoms with Gasteiger partial charge in [0.05, 0.1) is 39.1 Å². The van der Waals surface area contributed by atoms with E-state index < -0.39 is 0 Å². The van der Waals surface area contributed by atoms with Crippen LogP contribution < -0.4 is 0 Å². The smallest absolute Gasteiger partial charge is 0.160 e. The summed E-state index contributed by atoms with van der Waals surface area (Å²) in [7, 11) is 0. The van der Waals surface area contributed by atoms with Gasteiger partial charge < -0.3 is 4.57 Å². The summed E-state index contributed by atoms with van der Waals surface area (Å²) >= 11 is 0. The Morgan fingerprint density at radius 2 is 1.08 bits per heavy atom. The maximum Gasteiger partial charge on any atom is 0.160 e. The lowest BCUT2D eigenvalue weighted by molar-refractivity contribution is 0.628. The topological polar surface area (TPSA) is 48.5 Å². The van der Waals surface area contributed by atoms with E-state index in [-0.39, 0.29) is 5.82 Å². The minimum atomic E-state index is -0.293. The van der Waals surface area contributed by atoms with Gasteiger partial charge in [0.15, 0.2) is 5.82 Å². The van der Waals surface area contributed by atoms with Crippen molar-refractivity contribution in [3.05, 3.63) is 176 Å². The van der Waals surface area contributed by atoms with Crippen molar-refractivity contribution in [2.45, 2.75) is 0 Å².